The smallest absolute Gasteiger partial charge is 0.341 e. The van der Waals surface area contributed by atoms with Crippen molar-refractivity contribution >= 4 is 5.97 Å². The molecule has 30 heavy (non-hydrogen) atoms. The zero-order valence-electron chi connectivity index (χ0n) is 16.9. The van der Waals surface area contributed by atoms with Gasteiger partial charge in [0, 0.05) is 16.9 Å². The lowest BCUT2D eigenvalue weighted by Crippen LogP contribution is -2.05. The Morgan fingerprint density at radius 1 is 0.800 bits per heavy atom. The maximum atomic E-state index is 12.8. The van der Waals surface area contributed by atoms with Gasteiger partial charge in [-0.2, -0.15) is 0 Å². The summed E-state index contributed by atoms with van der Waals surface area (Å²) in [6, 6.07) is 29.7. The number of benzene rings is 3. The largest absolute Gasteiger partial charge is 0.465 e. The summed E-state index contributed by atoms with van der Waals surface area (Å²) in [5.41, 5.74) is 5.66. The second-order valence-corrected chi connectivity index (χ2v) is 6.83. The van der Waals surface area contributed by atoms with E-state index in [1.54, 1.807) is 0 Å². The van der Waals surface area contributed by atoms with Crippen LogP contribution in [0, 0.1) is 18.8 Å². The van der Waals surface area contributed by atoms with E-state index in [0.29, 0.717) is 11.1 Å². The maximum absolute atomic E-state index is 12.8. The molecule has 0 spiro atoms. The molecule has 0 aliphatic heterocycles. The van der Waals surface area contributed by atoms with E-state index < -0.39 is 5.97 Å². The van der Waals surface area contributed by atoms with Crippen molar-refractivity contribution in [1.29, 1.82) is 0 Å². The monoisotopic (exact) mass is 391 g/mol. The van der Waals surface area contributed by atoms with Gasteiger partial charge in [-0.15, -0.1) is 0 Å². The van der Waals surface area contributed by atoms with Crippen molar-refractivity contribution < 1.29 is 9.53 Å². The third-order valence-corrected chi connectivity index (χ3v) is 4.96. The molecule has 0 saturated heterocycles. The van der Waals surface area contributed by atoms with Gasteiger partial charge in [-0.05, 0) is 36.8 Å². The predicted molar refractivity (Wildman–Crippen MR) is 120 cm³/mol. The fourth-order valence-electron chi connectivity index (χ4n) is 3.59. The lowest BCUT2D eigenvalue weighted by molar-refractivity contribution is 0.0599. The summed E-state index contributed by atoms with van der Waals surface area (Å²) in [6.07, 6.45) is 0. The lowest BCUT2D eigenvalue weighted by Gasteiger charge is -2.12. The molecule has 3 heteroatoms. The Kier molecular flexibility index (Phi) is 5.50. The number of carbonyl (C=O) groups is 1. The minimum Gasteiger partial charge on any atom is -0.465 e. The molecule has 0 unspecified atom stereocenters. The van der Waals surface area contributed by atoms with Gasteiger partial charge in [-0.1, -0.05) is 78.6 Å². The first-order valence-corrected chi connectivity index (χ1v) is 9.72. The molecule has 0 radical (unpaired) electrons. The summed E-state index contributed by atoms with van der Waals surface area (Å²) < 4.78 is 7.21. The fraction of sp³-hybridized carbons (Fsp3) is 0.0741. The third-order valence-electron chi connectivity index (χ3n) is 4.96. The van der Waals surface area contributed by atoms with Crippen molar-refractivity contribution in [2.24, 2.45) is 0 Å². The van der Waals surface area contributed by atoms with Crippen LogP contribution in [0.15, 0.2) is 91.0 Å². The van der Waals surface area contributed by atoms with E-state index in [1.807, 2.05) is 97.9 Å². The van der Waals surface area contributed by atoms with Gasteiger partial charge in [0.15, 0.2) is 0 Å². The molecule has 0 N–H and O–H groups in total. The van der Waals surface area contributed by atoms with Gasteiger partial charge in [-0.3, -0.25) is 0 Å². The minimum atomic E-state index is -0.392. The maximum Gasteiger partial charge on any atom is 0.341 e. The highest BCUT2D eigenvalue weighted by atomic mass is 16.5. The number of hydrogen-bond donors (Lipinski definition) is 0. The van der Waals surface area contributed by atoms with Crippen molar-refractivity contribution in [2.75, 3.05) is 7.11 Å². The normalized spacial score (nSPS) is 10.2. The average Bonchev–Trinajstić information content (AvgIpc) is 3.11. The molecule has 0 atom stereocenters. The number of rotatable bonds is 3. The SMILES string of the molecule is COC(=O)c1c(C#Cc2ccccc2)c(-c2ccccc2)n(-c2ccccc2)c1C. The molecule has 0 saturated carbocycles. The molecule has 4 rings (SSSR count). The van der Waals surface area contributed by atoms with Crippen LogP contribution in [0.4, 0.5) is 0 Å². The van der Waals surface area contributed by atoms with Gasteiger partial charge < -0.3 is 9.30 Å². The van der Waals surface area contributed by atoms with Gasteiger partial charge in [0.2, 0.25) is 0 Å². The second kappa shape index (κ2) is 8.55. The molecule has 0 fully saturated rings. The lowest BCUT2D eigenvalue weighted by atomic mass is 10.0. The summed E-state index contributed by atoms with van der Waals surface area (Å²) in [7, 11) is 1.40. The van der Waals surface area contributed by atoms with Gasteiger partial charge in [-0.25, -0.2) is 4.79 Å². The first-order valence-electron chi connectivity index (χ1n) is 9.72. The van der Waals surface area contributed by atoms with E-state index in [4.69, 9.17) is 4.74 Å². The number of ether oxygens (including phenoxy) is 1. The fourth-order valence-corrected chi connectivity index (χ4v) is 3.59. The molecule has 3 aromatic carbocycles. The molecule has 1 aromatic heterocycles. The Bertz CT molecular complexity index is 1230. The quantitative estimate of drug-likeness (QED) is 0.334. The number of nitrogens with zero attached hydrogens (tertiary/aromatic N) is 1. The van der Waals surface area contributed by atoms with Crippen LogP contribution < -0.4 is 0 Å². The van der Waals surface area contributed by atoms with Gasteiger partial charge in [0.1, 0.15) is 0 Å². The second-order valence-electron chi connectivity index (χ2n) is 6.83. The van der Waals surface area contributed by atoms with E-state index in [0.717, 1.165) is 28.2 Å². The Balaban J connectivity index is 2.06. The first-order chi connectivity index (χ1) is 14.7. The molecule has 3 nitrogen and oxygen atoms in total. The Labute approximate surface area is 176 Å². The molecular weight excluding hydrogens is 370 g/mol. The molecule has 1 heterocycles. The Morgan fingerprint density at radius 3 is 1.97 bits per heavy atom. The van der Waals surface area contributed by atoms with Crippen LogP contribution in [0.1, 0.15) is 27.2 Å². The number of methoxy groups -OCH3 is 1. The molecule has 0 aliphatic carbocycles. The van der Waals surface area contributed by atoms with Crippen molar-refractivity contribution in [3.63, 3.8) is 0 Å². The molecule has 146 valence electrons. The molecule has 0 bridgehead atoms. The topological polar surface area (TPSA) is 31.2 Å². The summed E-state index contributed by atoms with van der Waals surface area (Å²) in [4.78, 5) is 12.8. The first kappa shape index (κ1) is 19.3. The van der Waals surface area contributed by atoms with E-state index in [-0.39, 0.29) is 0 Å². The number of aromatic nitrogens is 1. The van der Waals surface area contributed by atoms with Gasteiger partial charge in [0.25, 0.3) is 0 Å². The standard InChI is InChI=1S/C27H21NO2/c1-20-25(27(29)30-2)24(19-18-21-12-6-3-7-13-21)26(22-14-8-4-9-15-22)28(20)23-16-10-5-11-17-23/h3-17H,1-2H3. The number of carbonyl (C=O) groups excluding carboxylic acids is 1. The number of para-hydroxylation sites is 1. The zero-order valence-corrected chi connectivity index (χ0v) is 16.9. The summed E-state index contributed by atoms with van der Waals surface area (Å²) in [5, 5.41) is 0. The minimum absolute atomic E-state index is 0.392. The Morgan fingerprint density at radius 2 is 1.37 bits per heavy atom. The van der Waals surface area contributed by atoms with Crippen molar-refractivity contribution in [3.8, 4) is 28.8 Å². The summed E-state index contributed by atoms with van der Waals surface area (Å²) in [5.74, 6) is 6.09. The van der Waals surface area contributed by atoms with E-state index >= 15 is 0 Å². The third kappa shape index (κ3) is 3.64. The van der Waals surface area contributed by atoms with E-state index in [2.05, 4.69) is 16.4 Å². The Hall–Kier alpha value is -4.03. The highest BCUT2D eigenvalue weighted by molar-refractivity contribution is 5.97. The van der Waals surface area contributed by atoms with Crippen LogP contribution in [0.25, 0.3) is 16.9 Å². The van der Waals surface area contributed by atoms with Crippen molar-refractivity contribution in [2.45, 2.75) is 6.92 Å². The van der Waals surface area contributed by atoms with Crippen LogP contribution in [0.3, 0.4) is 0 Å². The predicted octanol–water partition coefficient (Wildman–Crippen LogP) is 5.64. The molecule has 4 aromatic rings. The highest BCUT2D eigenvalue weighted by Crippen LogP contribution is 2.34. The average molecular weight is 391 g/mol. The summed E-state index contributed by atoms with van der Waals surface area (Å²) >= 11 is 0. The molecule has 0 aliphatic rings. The summed E-state index contributed by atoms with van der Waals surface area (Å²) in [6.45, 7) is 1.93. The van der Waals surface area contributed by atoms with Crippen LogP contribution in [0.2, 0.25) is 0 Å². The van der Waals surface area contributed by atoms with Crippen LogP contribution in [-0.2, 0) is 4.74 Å². The van der Waals surface area contributed by atoms with Crippen LogP contribution >= 0.6 is 0 Å². The van der Waals surface area contributed by atoms with Crippen LogP contribution in [-0.4, -0.2) is 17.6 Å². The van der Waals surface area contributed by atoms with Crippen molar-refractivity contribution in [3.05, 3.63) is 113 Å². The van der Waals surface area contributed by atoms with Gasteiger partial charge in [0.05, 0.1) is 23.9 Å². The van der Waals surface area contributed by atoms with Crippen molar-refractivity contribution in [1.82, 2.24) is 4.57 Å². The molecular formula is C27H21NO2. The molecule has 0 amide bonds. The van der Waals surface area contributed by atoms with E-state index in [9.17, 15) is 4.79 Å². The highest BCUT2D eigenvalue weighted by Gasteiger charge is 2.26. The van der Waals surface area contributed by atoms with Gasteiger partial charge >= 0.3 is 5.97 Å². The number of hydrogen-bond acceptors (Lipinski definition) is 2. The zero-order chi connectivity index (χ0) is 20.9. The van der Waals surface area contributed by atoms with Crippen LogP contribution in [0.5, 0.6) is 0 Å². The van der Waals surface area contributed by atoms with E-state index in [1.165, 1.54) is 7.11 Å². The number of esters is 1.